The van der Waals surface area contributed by atoms with Crippen molar-refractivity contribution in [2.24, 2.45) is 0 Å². The average molecular weight is 311 g/mol. The van der Waals surface area contributed by atoms with E-state index in [2.05, 4.69) is 15.3 Å². The van der Waals surface area contributed by atoms with Gasteiger partial charge < -0.3 is 5.32 Å². The fourth-order valence-corrected chi connectivity index (χ4v) is 1.96. The van der Waals surface area contributed by atoms with E-state index in [0.717, 1.165) is 0 Å². The Morgan fingerprint density at radius 2 is 1.61 bits per heavy atom. The van der Waals surface area contributed by atoms with Gasteiger partial charge in [0.1, 0.15) is 11.6 Å². The summed E-state index contributed by atoms with van der Waals surface area (Å²) in [5, 5.41) is 2.61. The largest absolute Gasteiger partial charge is 0.322 e. The molecule has 0 fully saturated rings. The zero-order valence-corrected chi connectivity index (χ0v) is 11.8. The molecule has 0 saturated carbocycles. The van der Waals surface area contributed by atoms with Crippen molar-refractivity contribution in [1.29, 1.82) is 0 Å². The van der Waals surface area contributed by atoms with Gasteiger partial charge in [0.15, 0.2) is 5.82 Å². The molecule has 0 aliphatic heterocycles. The Hall–Kier alpha value is -3.15. The summed E-state index contributed by atoms with van der Waals surface area (Å²) in [7, 11) is 0. The lowest BCUT2D eigenvalue weighted by atomic mass is 10.2. The molecule has 0 aliphatic rings. The number of hydrogen-bond acceptors (Lipinski definition) is 3. The summed E-state index contributed by atoms with van der Waals surface area (Å²) < 4.78 is 26.0. The molecule has 1 amide bonds. The first-order valence-corrected chi connectivity index (χ1v) is 6.77. The second-order valence-corrected chi connectivity index (χ2v) is 4.77. The molecule has 3 rings (SSSR count). The lowest BCUT2D eigenvalue weighted by Crippen LogP contribution is -2.12. The fraction of sp³-hybridized carbons (Fsp3) is 0. The quantitative estimate of drug-likeness (QED) is 0.803. The van der Waals surface area contributed by atoms with E-state index < -0.39 is 5.91 Å². The third-order valence-corrected chi connectivity index (χ3v) is 3.10. The van der Waals surface area contributed by atoms with Crippen LogP contribution in [-0.2, 0) is 0 Å². The van der Waals surface area contributed by atoms with Crippen LogP contribution in [0.25, 0.3) is 11.4 Å². The molecule has 1 aromatic heterocycles. The minimum absolute atomic E-state index is 0.245. The number of aromatic nitrogens is 2. The van der Waals surface area contributed by atoms with Gasteiger partial charge in [-0.05, 0) is 36.4 Å². The highest BCUT2D eigenvalue weighted by molar-refractivity contribution is 6.03. The maximum absolute atomic E-state index is 13.2. The van der Waals surface area contributed by atoms with Gasteiger partial charge in [-0.3, -0.25) is 4.79 Å². The van der Waals surface area contributed by atoms with E-state index in [9.17, 15) is 13.6 Å². The second kappa shape index (κ2) is 6.31. The van der Waals surface area contributed by atoms with E-state index in [1.165, 1.54) is 48.8 Å². The van der Waals surface area contributed by atoms with Gasteiger partial charge in [-0.2, -0.15) is 0 Å². The van der Waals surface area contributed by atoms with E-state index in [-0.39, 0.29) is 17.2 Å². The van der Waals surface area contributed by atoms with Gasteiger partial charge in [0.05, 0.1) is 5.56 Å². The SMILES string of the molecule is O=C(Nc1ccc(F)cc1)c1cnc(-c2cccc(F)c2)nc1. The highest BCUT2D eigenvalue weighted by Crippen LogP contribution is 2.16. The summed E-state index contributed by atoms with van der Waals surface area (Å²) in [5.41, 5.74) is 1.23. The van der Waals surface area contributed by atoms with Crippen LogP contribution in [0.4, 0.5) is 14.5 Å². The minimum atomic E-state index is -0.414. The van der Waals surface area contributed by atoms with Gasteiger partial charge in [0.2, 0.25) is 0 Å². The van der Waals surface area contributed by atoms with Crippen molar-refractivity contribution in [2.45, 2.75) is 0 Å². The first-order valence-electron chi connectivity index (χ1n) is 6.77. The Morgan fingerprint density at radius 3 is 2.26 bits per heavy atom. The molecule has 3 aromatic rings. The Kier molecular flexibility index (Phi) is 4.05. The monoisotopic (exact) mass is 311 g/mol. The lowest BCUT2D eigenvalue weighted by molar-refractivity contribution is 0.102. The Morgan fingerprint density at radius 1 is 0.913 bits per heavy atom. The van der Waals surface area contributed by atoms with Crippen LogP contribution in [0.2, 0.25) is 0 Å². The molecule has 0 atom stereocenters. The van der Waals surface area contributed by atoms with Crippen molar-refractivity contribution >= 4 is 11.6 Å². The number of carbonyl (C=O) groups is 1. The van der Waals surface area contributed by atoms with Crippen molar-refractivity contribution in [1.82, 2.24) is 9.97 Å². The third-order valence-electron chi connectivity index (χ3n) is 3.10. The van der Waals surface area contributed by atoms with Gasteiger partial charge in [-0.15, -0.1) is 0 Å². The summed E-state index contributed by atoms with van der Waals surface area (Å²) in [6, 6.07) is 11.3. The molecule has 114 valence electrons. The average Bonchev–Trinajstić information content (AvgIpc) is 2.57. The molecule has 0 aliphatic carbocycles. The van der Waals surface area contributed by atoms with Crippen molar-refractivity contribution in [2.75, 3.05) is 5.32 Å². The van der Waals surface area contributed by atoms with Crippen molar-refractivity contribution in [3.05, 3.63) is 78.1 Å². The van der Waals surface area contributed by atoms with Crippen LogP contribution >= 0.6 is 0 Å². The Bertz CT molecular complexity index is 833. The molecule has 0 bridgehead atoms. The van der Waals surface area contributed by atoms with Crippen LogP contribution in [-0.4, -0.2) is 15.9 Å². The highest BCUT2D eigenvalue weighted by Gasteiger charge is 2.09. The zero-order valence-electron chi connectivity index (χ0n) is 11.8. The van der Waals surface area contributed by atoms with Crippen LogP contribution in [0.15, 0.2) is 60.9 Å². The Labute approximate surface area is 130 Å². The first-order chi connectivity index (χ1) is 11.1. The van der Waals surface area contributed by atoms with Gasteiger partial charge in [-0.1, -0.05) is 12.1 Å². The van der Waals surface area contributed by atoms with Crippen LogP contribution in [0.1, 0.15) is 10.4 Å². The standard InChI is InChI=1S/C17H11F2N3O/c18-13-4-6-15(7-5-13)22-17(23)12-9-20-16(21-10-12)11-2-1-3-14(19)8-11/h1-10H,(H,22,23). The first kappa shape index (κ1) is 14.8. The summed E-state index contributed by atoms with van der Waals surface area (Å²) in [6.45, 7) is 0. The topological polar surface area (TPSA) is 54.9 Å². The van der Waals surface area contributed by atoms with E-state index in [1.54, 1.807) is 12.1 Å². The molecule has 23 heavy (non-hydrogen) atoms. The number of rotatable bonds is 3. The smallest absolute Gasteiger partial charge is 0.258 e. The summed E-state index contributed by atoms with van der Waals surface area (Å²) in [5.74, 6) is -0.861. The maximum Gasteiger partial charge on any atom is 0.258 e. The van der Waals surface area contributed by atoms with Crippen molar-refractivity contribution < 1.29 is 13.6 Å². The lowest BCUT2D eigenvalue weighted by Gasteiger charge is -2.05. The van der Waals surface area contributed by atoms with Gasteiger partial charge in [-0.25, -0.2) is 18.7 Å². The van der Waals surface area contributed by atoms with E-state index >= 15 is 0 Å². The van der Waals surface area contributed by atoms with Crippen LogP contribution in [0, 0.1) is 11.6 Å². The predicted molar refractivity (Wildman–Crippen MR) is 81.8 cm³/mol. The molecular weight excluding hydrogens is 300 g/mol. The van der Waals surface area contributed by atoms with Gasteiger partial charge in [0, 0.05) is 23.6 Å². The minimum Gasteiger partial charge on any atom is -0.322 e. The number of hydrogen-bond donors (Lipinski definition) is 1. The molecule has 4 nitrogen and oxygen atoms in total. The van der Waals surface area contributed by atoms with Crippen LogP contribution < -0.4 is 5.32 Å². The molecule has 0 unspecified atom stereocenters. The van der Waals surface area contributed by atoms with E-state index in [1.807, 2.05) is 0 Å². The zero-order chi connectivity index (χ0) is 16.2. The molecule has 1 heterocycles. The predicted octanol–water partition coefficient (Wildman–Crippen LogP) is 3.67. The van der Waals surface area contributed by atoms with Crippen LogP contribution in [0.3, 0.4) is 0 Å². The summed E-state index contributed by atoms with van der Waals surface area (Å²) >= 11 is 0. The number of halogens is 2. The number of nitrogens with zero attached hydrogens (tertiary/aromatic N) is 2. The molecule has 1 N–H and O–H groups in total. The van der Waals surface area contributed by atoms with Crippen LogP contribution in [0.5, 0.6) is 0 Å². The number of carbonyl (C=O) groups excluding carboxylic acids is 1. The molecule has 2 aromatic carbocycles. The third kappa shape index (κ3) is 3.55. The van der Waals surface area contributed by atoms with E-state index in [0.29, 0.717) is 17.1 Å². The molecule has 6 heteroatoms. The van der Waals surface area contributed by atoms with Gasteiger partial charge in [0.25, 0.3) is 5.91 Å². The summed E-state index contributed by atoms with van der Waals surface area (Å²) in [6.07, 6.45) is 2.71. The number of anilines is 1. The molecular formula is C17H11F2N3O. The number of nitrogens with one attached hydrogen (secondary N) is 1. The fourth-order valence-electron chi connectivity index (χ4n) is 1.96. The molecule has 0 radical (unpaired) electrons. The van der Waals surface area contributed by atoms with E-state index in [4.69, 9.17) is 0 Å². The summed E-state index contributed by atoms with van der Waals surface area (Å²) in [4.78, 5) is 20.2. The maximum atomic E-state index is 13.2. The van der Waals surface area contributed by atoms with Crippen molar-refractivity contribution in [3.63, 3.8) is 0 Å². The molecule has 0 saturated heterocycles. The number of amides is 1. The Balaban J connectivity index is 1.76. The second-order valence-electron chi connectivity index (χ2n) is 4.77. The van der Waals surface area contributed by atoms with Gasteiger partial charge >= 0.3 is 0 Å². The highest BCUT2D eigenvalue weighted by atomic mass is 19.1. The number of benzene rings is 2. The molecule has 0 spiro atoms. The van der Waals surface area contributed by atoms with Crippen molar-refractivity contribution in [3.8, 4) is 11.4 Å². The normalized spacial score (nSPS) is 10.3.